The van der Waals surface area contributed by atoms with Crippen LogP contribution in [0.15, 0.2) is 40.9 Å². The first kappa shape index (κ1) is 12.2. The minimum Gasteiger partial charge on any atom is -0.369 e. The van der Waals surface area contributed by atoms with Crippen molar-refractivity contribution in [2.75, 3.05) is 5.73 Å². The first-order valence-corrected chi connectivity index (χ1v) is 6.87. The van der Waals surface area contributed by atoms with E-state index in [2.05, 4.69) is 53.0 Å². The van der Waals surface area contributed by atoms with Crippen molar-refractivity contribution in [1.82, 2.24) is 9.55 Å². The van der Waals surface area contributed by atoms with Gasteiger partial charge in [0.1, 0.15) is 0 Å². The molecular weight excluding hydrogens is 302 g/mol. The summed E-state index contributed by atoms with van der Waals surface area (Å²) >= 11 is 3.63. The molecule has 0 saturated heterocycles. The van der Waals surface area contributed by atoms with Crippen molar-refractivity contribution < 1.29 is 0 Å². The molecule has 0 radical (unpaired) electrons. The fraction of sp³-hybridized carbons (Fsp3) is 0.133. The van der Waals surface area contributed by atoms with Gasteiger partial charge in [0.25, 0.3) is 0 Å². The molecule has 3 nitrogen and oxygen atoms in total. The van der Waals surface area contributed by atoms with Crippen LogP contribution >= 0.6 is 15.9 Å². The molecule has 3 aromatic rings. The summed E-state index contributed by atoms with van der Waals surface area (Å²) < 4.78 is 3.02. The van der Waals surface area contributed by atoms with E-state index < -0.39 is 0 Å². The van der Waals surface area contributed by atoms with Gasteiger partial charge in [0.05, 0.1) is 16.7 Å². The normalized spacial score (nSPS) is 11.1. The Morgan fingerprint density at radius 1 is 1.16 bits per heavy atom. The Bertz CT molecular complexity index is 774. The van der Waals surface area contributed by atoms with Crippen molar-refractivity contribution in [3.8, 4) is 5.69 Å². The molecule has 0 amide bonds. The number of nitrogens with zero attached hydrogens (tertiary/aromatic N) is 2. The Hall–Kier alpha value is -1.81. The number of nitrogen functional groups attached to an aromatic ring is 1. The Balaban J connectivity index is 2.36. The second kappa shape index (κ2) is 4.38. The van der Waals surface area contributed by atoms with Crippen molar-refractivity contribution in [2.45, 2.75) is 13.8 Å². The van der Waals surface area contributed by atoms with Crippen LogP contribution in [-0.2, 0) is 0 Å². The summed E-state index contributed by atoms with van der Waals surface area (Å²) in [6.45, 7) is 4.12. The van der Waals surface area contributed by atoms with Crippen molar-refractivity contribution in [3.63, 3.8) is 0 Å². The molecule has 96 valence electrons. The summed E-state index contributed by atoms with van der Waals surface area (Å²) in [5, 5.41) is 0. The van der Waals surface area contributed by atoms with Crippen LogP contribution in [0.4, 0.5) is 5.95 Å². The second-order valence-electron chi connectivity index (χ2n) is 4.71. The summed E-state index contributed by atoms with van der Waals surface area (Å²) in [5.41, 5.74) is 11.4. The smallest absolute Gasteiger partial charge is 0.205 e. The molecule has 19 heavy (non-hydrogen) atoms. The Morgan fingerprint density at radius 3 is 2.74 bits per heavy atom. The van der Waals surface area contributed by atoms with Crippen LogP contribution < -0.4 is 5.73 Å². The van der Waals surface area contributed by atoms with E-state index >= 15 is 0 Å². The highest BCUT2D eigenvalue weighted by Crippen LogP contribution is 2.30. The van der Waals surface area contributed by atoms with Crippen LogP contribution in [0.3, 0.4) is 0 Å². The summed E-state index contributed by atoms with van der Waals surface area (Å²) in [6.07, 6.45) is 0. The lowest BCUT2D eigenvalue weighted by atomic mass is 10.2. The number of aryl methyl sites for hydroxylation is 2. The van der Waals surface area contributed by atoms with Crippen LogP contribution in [-0.4, -0.2) is 9.55 Å². The van der Waals surface area contributed by atoms with E-state index in [4.69, 9.17) is 5.73 Å². The minimum absolute atomic E-state index is 0.506. The SMILES string of the molecule is Cc1ccc2c(c1)nc(N)n2-c1cccc(C)c1Br. The first-order valence-electron chi connectivity index (χ1n) is 6.08. The predicted octanol–water partition coefficient (Wildman–Crippen LogP) is 3.99. The number of anilines is 1. The highest BCUT2D eigenvalue weighted by atomic mass is 79.9. The van der Waals surface area contributed by atoms with Gasteiger partial charge < -0.3 is 5.73 Å². The van der Waals surface area contributed by atoms with Crippen LogP contribution in [0.25, 0.3) is 16.7 Å². The molecule has 0 bridgehead atoms. The topological polar surface area (TPSA) is 43.8 Å². The summed E-state index contributed by atoms with van der Waals surface area (Å²) in [4.78, 5) is 4.44. The molecular formula is C15H14BrN3. The molecule has 1 heterocycles. The summed E-state index contributed by atoms with van der Waals surface area (Å²) in [6, 6.07) is 12.3. The fourth-order valence-electron chi connectivity index (χ4n) is 2.27. The lowest BCUT2D eigenvalue weighted by molar-refractivity contribution is 1.09. The van der Waals surface area contributed by atoms with Gasteiger partial charge in [-0.15, -0.1) is 0 Å². The number of fused-ring (bicyclic) bond motifs is 1. The minimum atomic E-state index is 0.506. The van der Waals surface area contributed by atoms with E-state index in [-0.39, 0.29) is 0 Å². The monoisotopic (exact) mass is 315 g/mol. The molecule has 0 atom stereocenters. The lowest BCUT2D eigenvalue weighted by Gasteiger charge is -2.10. The largest absolute Gasteiger partial charge is 0.369 e. The maximum absolute atomic E-state index is 6.09. The van der Waals surface area contributed by atoms with E-state index in [1.54, 1.807) is 0 Å². The van der Waals surface area contributed by atoms with Gasteiger partial charge in [-0.1, -0.05) is 18.2 Å². The predicted molar refractivity (Wildman–Crippen MR) is 82.7 cm³/mol. The number of aromatic nitrogens is 2. The highest BCUT2D eigenvalue weighted by Gasteiger charge is 2.13. The maximum atomic E-state index is 6.09. The van der Waals surface area contributed by atoms with Gasteiger partial charge in [-0.05, 0) is 59.1 Å². The van der Waals surface area contributed by atoms with E-state index in [9.17, 15) is 0 Å². The van der Waals surface area contributed by atoms with Gasteiger partial charge in [-0.2, -0.15) is 0 Å². The van der Waals surface area contributed by atoms with Gasteiger partial charge in [0.2, 0.25) is 5.95 Å². The van der Waals surface area contributed by atoms with Gasteiger partial charge in [-0.3, -0.25) is 4.57 Å². The van der Waals surface area contributed by atoms with Crippen molar-refractivity contribution in [2.24, 2.45) is 0 Å². The molecule has 0 spiro atoms. The highest BCUT2D eigenvalue weighted by molar-refractivity contribution is 9.10. The van der Waals surface area contributed by atoms with Crippen LogP contribution in [0.2, 0.25) is 0 Å². The second-order valence-corrected chi connectivity index (χ2v) is 5.50. The van der Waals surface area contributed by atoms with E-state index in [0.717, 1.165) is 21.2 Å². The Morgan fingerprint density at radius 2 is 1.95 bits per heavy atom. The molecule has 4 heteroatoms. The number of hydrogen-bond acceptors (Lipinski definition) is 2. The number of rotatable bonds is 1. The molecule has 0 unspecified atom stereocenters. The van der Waals surface area contributed by atoms with E-state index in [1.165, 1.54) is 11.1 Å². The number of halogens is 1. The quantitative estimate of drug-likeness (QED) is 0.738. The lowest BCUT2D eigenvalue weighted by Crippen LogP contribution is -2.02. The summed E-state index contributed by atoms with van der Waals surface area (Å²) in [5.74, 6) is 0.506. The number of nitrogens with two attached hydrogens (primary N) is 1. The van der Waals surface area contributed by atoms with Crippen LogP contribution in [0, 0.1) is 13.8 Å². The van der Waals surface area contributed by atoms with Gasteiger partial charge >= 0.3 is 0 Å². The van der Waals surface area contributed by atoms with Crippen molar-refractivity contribution in [1.29, 1.82) is 0 Å². The molecule has 1 aromatic heterocycles. The van der Waals surface area contributed by atoms with Crippen LogP contribution in [0.5, 0.6) is 0 Å². The maximum Gasteiger partial charge on any atom is 0.205 e. The van der Waals surface area contributed by atoms with Gasteiger partial charge in [0.15, 0.2) is 0 Å². The van der Waals surface area contributed by atoms with Crippen molar-refractivity contribution in [3.05, 3.63) is 52.0 Å². The van der Waals surface area contributed by atoms with Gasteiger partial charge in [-0.25, -0.2) is 4.98 Å². The molecule has 2 N–H and O–H groups in total. The number of imidazole rings is 1. The fourth-order valence-corrected chi connectivity index (χ4v) is 2.71. The molecule has 0 aliphatic heterocycles. The third kappa shape index (κ3) is 1.92. The van der Waals surface area contributed by atoms with E-state index in [0.29, 0.717) is 5.95 Å². The zero-order valence-corrected chi connectivity index (χ0v) is 12.4. The molecule has 0 saturated carbocycles. The van der Waals surface area contributed by atoms with Crippen molar-refractivity contribution >= 4 is 32.9 Å². The average molecular weight is 316 g/mol. The molecule has 0 aliphatic rings. The number of hydrogen-bond donors (Lipinski definition) is 1. The first-order chi connectivity index (χ1) is 9.08. The van der Waals surface area contributed by atoms with Crippen LogP contribution in [0.1, 0.15) is 11.1 Å². The number of benzene rings is 2. The summed E-state index contributed by atoms with van der Waals surface area (Å²) in [7, 11) is 0. The zero-order chi connectivity index (χ0) is 13.6. The standard InChI is InChI=1S/C15H14BrN3/c1-9-6-7-12-11(8-9)18-15(17)19(12)13-5-3-4-10(2)14(13)16/h3-8H,1-2H3,(H2,17,18). The third-order valence-corrected chi connectivity index (χ3v) is 4.28. The molecule has 2 aromatic carbocycles. The van der Waals surface area contributed by atoms with Gasteiger partial charge in [0, 0.05) is 4.47 Å². The van der Waals surface area contributed by atoms with E-state index in [1.807, 2.05) is 22.8 Å². The molecule has 0 aliphatic carbocycles. The molecule has 3 rings (SSSR count). The Kier molecular flexibility index (Phi) is 2.82. The third-order valence-electron chi connectivity index (χ3n) is 3.25. The molecule has 0 fully saturated rings. The Labute approximate surface area is 120 Å². The zero-order valence-electron chi connectivity index (χ0n) is 10.8. The average Bonchev–Trinajstić information content (AvgIpc) is 2.68.